The molecule has 1 aliphatic heterocycles. The number of hydrogen-bond acceptors (Lipinski definition) is 4. The number of benzene rings is 1. The van der Waals surface area contributed by atoms with Crippen molar-refractivity contribution in [1.82, 2.24) is 0 Å². The van der Waals surface area contributed by atoms with Crippen LogP contribution >= 0.6 is 0 Å². The molecule has 0 atom stereocenters. The maximum atomic E-state index is 10.3. The maximum absolute atomic E-state index is 10.3. The number of nitrogens with zero attached hydrogens (tertiary/aromatic N) is 1. The van der Waals surface area contributed by atoms with Crippen molar-refractivity contribution in [3.63, 3.8) is 0 Å². The molecule has 1 aliphatic rings. The van der Waals surface area contributed by atoms with E-state index in [1.165, 1.54) is 0 Å². The van der Waals surface area contributed by atoms with Gasteiger partial charge in [-0.2, -0.15) is 5.26 Å². The highest BCUT2D eigenvalue weighted by molar-refractivity contribution is 5.58. The highest BCUT2D eigenvalue weighted by atomic mass is 16.5. The van der Waals surface area contributed by atoms with E-state index in [2.05, 4.69) is 11.4 Å². The molecule has 0 saturated carbocycles. The molecule has 2 N–H and O–H groups in total. The maximum Gasteiger partial charge on any atom is 0.101 e. The van der Waals surface area contributed by atoms with Gasteiger partial charge in [0.1, 0.15) is 6.07 Å². The van der Waals surface area contributed by atoms with E-state index in [9.17, 15) is 5.11 Å². The lowest BCUT2D eigenvalue weighted by atomic mass is 9.94. The SMILES string of the molecule is Cc1ccc(C#N)c(NCC2(O)CCOCC2)c1. The number of anilines is 1. The summed E-state index contributed by atoms with van der Waals surface area (Å²) in [5.41, 5.74) is 1.76. The van der Waals surface area contributed by atoms with Crippen molar-refractivity contribution in [3.05, 3.63) is 29.3 Å². The Morgan fingerprint density at radius 3 is 2.83 bits per heavy atom. The van der Waals surface area contributed by atoms with Crippen LogP contribution in [0.4, 0.5) is 5.69 Å². The molecular formula is C14H18N2O2. The number of ether oxygens (including phenoxy) is 1. The molecular weight excluding hydrogens is 228 g/mol. The van der Waals surface area contributed by atoms with Crippen molar-refractivity contribution < 1.29 is 9.84 Å². The zero-order chi connectivity index (χ0) is 13.0. The van der Waals surface area contributed by atoms with Crippen molar-refractivity contribution >= 4 is 5.69 Å². The molecule has 0 aliphatic carbocycles. The molecule has 2 rings (SSSR count). The van der Waals surface area contributed by atoms with E-state index in [4.69, 9.17) is 10.00 Å². The zero-order valence-corrected chi connectivity index (χ0v) is 10.6. The van der Waals surface area contributed by atoms with Gasteiger partial charge in [-0.25, -0.2) is 0 Å². The van der Waals surface area contributed by atoms with Crippen LogP contribution in [0.25, 0.3) is 0 Å². The Kier molecular flexibility index (Phi) is 3.85. The predicted molar refractivity (Wildman–Crippen MR) is 69.4 cm³/mol. The van der Waals surface area contributed by atoms with Gasteiger partial charge in [-0.1, -0.05) is 6.07 Å². The lowest BCUT2D eigenvalue weighted by Crippen LogP contribution is -2.42. The van der Waals surface area contributed by atoms with Crippen molar-refractivity contribution in [2.45, 2.75) is 25.4 Å². The third-order valence-electron chi connectivity index (χ3n) is 3.33. The Bertz CT molecular complexity index is 459. The molecule has 1 fully saturated rings. The molecule has 96 valence electrons. The van der Waals surface area contributed by atoms with Crippen LogP contribution in [0.1, 0.15) is 24.0 Å². The summed E-state index contributed by atoms with van der Waals surface area (Å²) in [7, 11) is 0. The van der Waals surface area contributed by atoms with E-state index >= 15 is 0 Å². The van der Waals surface area contributed by atoms with Gasteiger partial charge in [0, 0.05) is 32.6 Å². The number of hydrogen-bond donors (Lipinski definition) is 2. The molecule has 0 bridgehead atoms. The number of aryl methyl sites for hydroxylation is 1. The third-order valence-corrected chi connectivity index (χ3v) is 3.33. The summed E-state index contributed by atoms with van der Waals surface area (Å²) in [6.45, 7) is 3.62. The minimum atomic E-state index is -0.727. The quantitative estimate of drug-likeness (QED) is 0.853. The predicted octanol–water partition coefficient (Wildman–Crippen LogP) is 1.82. The topological polar surface area (TPSA) is 65.3 Å². The van der Waals surface area contributed by atoms with Crippen LogP contribution in [0, 0.1) is 18.3 Å². The summed E-state index contributed by atoms with van der Waals surface area (Å²) in [6, 6.07) is 7.79. The molecule has 0 aromatic heterocycles. The molecule has 18 heavy (non-hydrogen) atoms. The first kappa shape index (κ1) is 12.9. The van der Waals surface area contributed by atoms with Gasteiger partial charge >= 0.3 is 0 Å². The average molecular weight is 246 g/mol. The minimum Gasteiger partial charge on any atom is -0.388 e. The molecule has 4 nitrogen and oxygen atoms in total. The van der Waals surface area contributed by atoms with Gasteiger partial charge in [-0.05, 0) is 24.6 Å². The van der Waals surface area contributed by atoms with Crippen molar-refractivity contribution in [1.29, 1.82) is 5.26 Å². The van der Waals surface area contributed by atoms with E-state index in [0.29, 0.717) is 38.2 Å². The fraction of sp³-hybridized carbons (Fsp3) is 0.500. The van der Waals surface area contributed by atoms with Gasteiger partial charge in [0.15, 0.2) is 0 Å². The first-order valence-corrected chi connectivity index (χ1v) is 6.18. The van der Waals surface area contributed by atoms with E-state index in [0.717, 1.165) is 11.3 Å². The Hall–Kier alpha value is -1.57. The second-order valence-electron chi connectivity index (χ2n) is 4.85. The molecule has 0 spiro atoms. The number of rotatable bonds is 3. The van der Waals surface area contributed by atoms with Crippen LogP contribution in [0.5, 0.6) is 0 Å². The third kappa shape index (κ3) is 3.00. The van der Waals surface area contributed by atoms with Crippen LogP contribution in [-0.2, 0) is 4.74 Å². The average Bonchev–Trinajstić information content (AvgIpc) is 2.38. The van der Waals surface area contributed by atoms with Crippen LogP contribution < -0.4 is 5.32 Å². The first-order chi connectivity index (χ1) is 8.63. The summed E-state index contributed by atoms with van der Waals surface area (Å²) >= 11 is 0. The lowest BCUT2D eigenvalue weighted by Gasteiger charge is -2.32. The van der Waals surface area contributed by atoms with E-state index < -0.39 is 5.60 Å². The van der Waals surface area contributed by atoms with Crippen LogP contribution in [0.3, 0.4) is 0 Å². The smallest absolute Gasteiger partial charge is 0.101 e. The molecule has 4 heteroatoms. The Balaban J connectivity index is 2.05. The second kappa shape index (κ2) is 5.38. The second-order valence-corrected chi connectivity index (χ2v) is 4.85. The Morgan fingerprint density at radius 2 is 2.17 bits per heavy atom. The van der Waals surface area contributed by atoms with Gasteiger partial charge in [0.2, 0.25) is 0 Å². The fourth-order valence-corrected chi connectivity index (χ4v) is 2.09. The molecule has 1 saturated heterocycles. The summed E-state index contributed by atoms with van der Waals surface area (Å²) in [4.78, 5) is 0. The van der Waals surface area contributed by atoms with Gasteiger partial charge in [-0.15, -0.1) is 0 Å². The Morgan fingerprint density at radius 1 is 1.44 bits per heavy atom. The number of nitrogens with one attached hydrogen (secondary N) is 1. The molecule has 1 aromatic rings. The molecule has 0 unspecified atom stereocenters. The van der Waals surface area contributed by atoms with Crippen molar-refractivity contribution in [2.75, 3.05) is 25.1 Å². The summed E-state index contributed by atoms with van der Waals surface area (Å²) < 4.78 is 5.24. The molecule has 1 heterocycles. The number of nitriles is 1. The van der Waals surface area contributed by atoms with E-state index in [1.54, 1.807) is 6.07 Å². The lowest BCUT2D eigenvalue weighted by molar-refractivity contribution is -0.0543. The van der Waals surface area contributed by atoms with Crippen LogP contribution in [-0.4, -0.2) is 30.5 Å². The van der Waals surface area contributed by atoms with Gasteiger partial charge in [-0.3, -0.25) is 0 Å². The van der Waals surface area contributed by atoms with Crippen LogP contribution in [0.15, 0.2) is 18.2 Å². The van der Waals surface area contributed by atoms with Gasteiger partial charge < -0.3 is 15.2 Å². The van der Waals surface area contributed by atoms with Crippen molar-refractivity contribution in [2.24, 2.45) is 0 Å². The fourth-order valence-electron chi connectivity index (χ4n) is 2.09. The highest BCUT2D eigenvalue weighted by Gasteiger charge is 2.29. The molecule has 0 radical (unpaired) electrons. The van der Waals surface area contributed by atoms with Crippen molar-refractivity contribution in [3.8, 4) is 6.07 Å². The highest BCUT2D eigenvalue weighted by Crippen LogP contribution is 2.23. The van der Waals surface area contributed by atoms with Gasteiger partial charge in [0.25, 0.3) is 0 Å². The Labute approximate surface area is 107 Å². The van der Waals surface area contributed by atoms with E-state index in [-0.39, 0.29) is 0 Å². The normalized spacial score (nSPS) is 18.1. The molecule has 1 aromatic carbocycles. The summed E-state index contributed by atoms with van der Waals surface area (Å²) in [5.74, 6) is 0. The minimum absolute atomic E-state index is 0.453. The summed E-state index contributed by atoms with van der Waals surface area (Å²) in [6.07, 6.45) is 1.27. The zero-order valence-electron chi connectivity index (χ0n) is 10.6. The van der Waals surface area contributed by atoms with Gasteiger partial charge in [0.05, 0.1) is 16.9 Å². The van der Waals surface area contributed by atoms with E-state index in [1.807, 2.05) is 19.1 Å². The standard InChI is InChI=1S/C14H18N2O2/c1-11-2-3-12(9-15)13(8-11)16-10-14(17)4-6-18-7-5-14/h2-3,8,16-17H,4-7,10H2,1H3. The van der Waals surface area contributed by atoms with Crippen LogP contribution in [0.2, 0.25) is 0 Å². The molecule has 0 amide bonds. The number of aliphatic hydroxyl groups is 1. The summed E-state index contributed by atoms with van der Waals surface area (Å²) in [5, 5.41) is 22.6. The largest absolute Gasteiger partial charge is 0.388 e. The monoisotopic (exact) mass is 246 g/mol. The first-order valence-electron chi connectivity index (χ1n) is 6.18.